The molecular formula is C26H31ClN4O2S. The van der Waals surface area contributed by atoms with Crippen LogP contribution in [0.2, 0.25) is 5.02 Å². The third-order valence-electron chi connectivity index (χ3n) is 6.09. The zero-order valence-electron chi connectivity index (χ0n) is 19.5. The molecule has 6 nitrogen and oxygen atoms in total. The Kier molecular flexibility index (Phi) is 9.02. The summed E-state index contributed by atoms with van der Waals surface area (Å²) < 4.78 is 5.45. The summed E-state index contributed by atoms with van der Waals surface area (Å²) in [5, 5.41) is 7.90. The number of nitrogens with zero attached hydrogens (tertiary/aromatic N) is 3. The van der Waals surface area contributed by atoms with Crippen molar-refractivity contribution < 1.29 is 9.32 Å². The summed E-state index contributed by atoms with van der Waals surface area (Å²) >= 11 is 7.87. The van der Waals surface area contributed by atoms with E-state index in [1.807, 2.05) is 36.0 Å². The van der Waals surface area contributed by atoms with Gasteiger partial charge in [-0.05, 0) is 73.9 Å². The highest BCUT2D eigenvalue weighted by Crippen LogP contribution is 2.22. The Morgan fingerprint density at radius 3 is 2.88 bits per heavy atom. The van der Waals surface area contributed by atoms with Crippen molar-refractivity contribution in [2.45, 2.75) is 38.5 Å². The lowest BCUT2D eigenvalue weighted by molar-refractivity contribution is -0.126. The lowest BCUT2D eigenvalue weighted by Gasteiger charge is -2.30. The molecule has 3 aromatic rings. The number of carbonyl (C=O) groups is 1. The molecule has 1 aromatic heterocycles. The van der Waals surface area contributed by atoms with E-state index in [0.717, 1.165) is 49.4 Å². The van der Waals surface area contributed by atoms with Crippen LogP contribution in [-0.2, 0) is 17.1 Å². The molecule has 8 heteroatoms. The fourth-order valence-corrected chi connectivity index (χ4v) is 5.29. The van der Waals surface area contributed by atoms with Crippen LogP contribution in [0.1, 0.15) is 36.3 Å². The van der Waals surface area contributed by atoms with Gasteiger partial charge in [0, 0.05) is 29.4 Å². The maximum Gasteiger partial charge on any atom is 0.241 e. The van der Waals surface area contributed by atoms with Crippen molar-refractivity contribution in [1.29, 1.82) is 0 Å². The summed E-state index contributed by atoms with van der Waals surface area (Å²) in [4.78, 5) is 19.4. The predicted molar refractivity (Wildman–Crippen MR) is 138 cm³/mol. The molecule has 34 heavy (non-hydrogen) atoms. The van der Waals surface area contributed by atoms with E-state index in [2.05, 4.69) is 51.5 Å². The average molecular weight is 499 g/mol. The van der Waals surface area contributed by atoms with Crippen LogP contribution in [0.4, 0.5) is 0 Å². The van der Waals surface area contributed by atoms with Crippen molar-refractivity contribution in [3.05, 3.63) is 70.6 Å². The van der Waals surface area contributed by atoms with Crippen LogP contribution in [0.5, 0.6) is 0 Å². The number of piperidine rings is 1. The molecule has 2 aromatic carbocycles. The van der Waals surface area contributed by atoms with E-state index >= 15 is 0 Å². The van der Waals surface area contributed by atoms with Crippen LogP contribution < -0.4 is 5.32 Å². The summed E-state index contributed by atoms with van der Waals surface area (Å²) in [5.74, 6) is 3.34. The first-order valence-corrected chi connectivity index (χ1v) is 13.3. The van der Waals surface area contributed by atoms with Gasteiger partial charge in [-0.25, -0.2) is 0 Å². The smallest absolute Gasteiger partial charge is 0.241 e. The molecular weight excluding hydrogens is 468 g/mol. The van der Waals surface area contributed by atoms with E-state index in [0.29, 0.717) is 29.8 Å². The number of thioether (sulfide) groups is 1. The molecule has 1 saturated heterocycles. The van der Waals surface area contributed by atoms with E-state index in [9.17, 15) is 4.79 Å². The highest BCUT2D eigenvalue weighted by molar-refractivity contribution is 7.98. The normalized spacial score (nSPS) is 16.5. The Balaban J connectivity index is 1.17. The summed E-state index contributed by atoms with van der Waals surface area (Å²) in [7, 11) is 0. The Labute approximate surface area is 210 Å². The van der Waals surface area contributed by atoms with Crippen LogP contribution in [0.25, 0.3) is 11.4 Å². The van der Waals surface area contributed by atoms with Gasteiger partial charge in [0.1, 0.15) is 0 Å². The molecule has 1 amide bonds. The SMILES string of the molecule is Cc1ccccc1CSCCCNC(=O)C1CCCN(Cc2nc(-c3ccc(Cl)cc3)no2)C1. The third kappa shape index (κ3) is 7.08. The minimum atomic E-state index is 0.00651. The predicted octanol–water partition coefficient (Wildman–Crippen LogP) is 5.35. The minimum Gasteiger partial charge on any atom is -0.356 e. The molecule has 0 saturated carbocycles. The minimum absolute atomic E-state index is 0.00651. The molecule has 0 radical (unpaired) electrons. The fourth-order valence-electron chi connectivity index (χ4n) is 4.12. The van der Waals surface area contributed by atoms with E-state index < -0.39 is 0 Å². The lowest BCUT2D eigenvalue weighted by atomic mass is 9.97. The second-order valence-corrected chi connectivity index (χ2v) is 10.3. The highest BCUT2D eigenvalue weighted by Gasteiger charge is 2.26. The number of aryl methyl sites for hydroxylation is 1. The molecule has 1 N–H and O–H groups in total. The number of nitrogens with one attached hydrogen (secondary N) is 1. The largest absolute Gasteiger partial charge is 0.356 e. The molecule has 1 fully saturated rings. The van der Waals surface area contributed by atoms with Crippen molar-refractivity contribution >= 4 is 29.3 Å². The molecule has 0 bridgehead atoms. The molecule has 180 valence electrons. The number of amides is 1. The van der Waals surface area contributed by atoms with Gasteiger partial charge in [0.25, 0.3) is 0 Å². The Morgan fingerprint density at radius 2 is 2.06 bits per heavy atom. The number of benzene rings is 2. The molecule has 2 heterocycles. The maximum atomic E-state index is 12.7. The van der Waals surface area contributed by atoms with Crippen molar-refractivity contribution in [1.82, 2.24) is 20.4 Å². The van der Waals surface area contributed by atoms with Crippen molar-refractivity contribution in [3.8, 4) is 11.4 Å². The highest BCUT2D eigenvalue weighted by atomic mass is 35.5. The standard InChI is InChI=1S/C26H31ClN4O2S/c1-19-6-2-3-7-22(19)18-34-15-5-13-28-26(32)21-8-4-14-31(16-21)17-24-29-25(30-33-24)20-9-11-23(27)12-10-20/h2-3,6-7,9-12,21H,4-5,8,13-18H2,1H3,(H,28,32). The van der Waals surface area contributed by atoms with Crippen LogP contribution in [0.3, 0.4) is 0 Å². The number of halogens is 1. The van der Waals surface area contributed by atoms with E-state index in [1.165, 1.54) is 11.1 Å². The monoisotopic (exact) mass is 498 g/mol. The second-order valence-electron chi connectivity index (χ2n) is 8.72. The summed E-state index contributed by atoms with van der Waals surface area (Å²) in [5.41, 5.74) is 3.60. The van der Waals surface area contributed by atoms with Gasteiger partial charge < -0.3 is 9.84 Å². The van der Waals surface area contributed by atoms with Gasteiger partial charge in [0.2, 0.25) is 17.6 Å². The molecule has 1 aliphatic heterocycles. The summed E-state index contributed by atoms with van der Waals surface area (Å²) in [6.45, 7) is 5.08. The molecule has 0 aliphatic carbocycles. The molecule has 1 atom stereocenters. The maximum absolute atomic E-state index is 12.7. The van der Waals surface area contributed by atoms with E-state index in [-0.39, 0.29) is 11.8 Å². The molecule has 1 unspecified atom stereocenters. The number of likely N-dealkylation sites (tertiary alicyclic amines) is 1. The first-order chi connectivity index (χ1) is 16.6. The topological polar surface area (TPSA) is 71.3 Å². The first-order valence-electron chi connectivity index (χ1n) is 11.8. The quantitative estimate of drug-likeness (QED) is 0.380. The summed E-state index contributed by atoms with van der Waals surface area (Å²) in [6.07, 6.45) is 2.89. The Morgan fingerprint density at radius 1 is 1.24 bits per heavy atom. The fraction of sp³-hybridized carbons (Fsp3) is 0.423. The van der Waals surface area contributed by atoms with Crippen LogP contribution in [-0.4, -0.2) is 46.3 Å². The zero-order chi connectivity index (χ0) is 23.8. The lowest BCUT2D eigenvalue weighted by Crippen LogP contribution is -2.43. The van der Waals surface area contributed by atoms with Crippen LogP contribution >= 0.6 is 23.4 Å². The molecule has 4 rings (SSSR count). The van der Waals surface area contributed by atoms with Crippen molar-refractivity contribution in [3.63, 3.8) is 0 Å². The summed E-state index contributed by atoms with van der Waals surface area (Å²) in [6, 6.07) is 15.9. The van der Waals surface area contributed by atoms with Gasteiger partial charge in [-0.3, -0.25) is 9.69 Å². The van der Waals surface area contributed by atoms with Crippen LogP contribution in [0.15, 0.2) is 53.1 Å². The Bertz CT molecular complexity index is 1070. The first kappa shape index (κ1) is 24.8. The van der Waals surface area contributed by atoms with Gasteiger partial charge in [0.15, 0.2) is 0 Å². The average Bonchev–Trinajstić information content (AvgIpc) is 3.31. The number of rotatable bonds is 10. The van der Waals surface area contributed by atoms with Gasteiger partial charge >= 0.3 is 0 Å². The van der Waals surface area contributed by atoms with Crippen LogP contribution in [0, 0.1) is 12.8 Å². The van der Waals surface area contributed by atoms with Gasteiger partial charge in [-0.2, -0.15) is 16.7 Å². The van der Waals surface area contributed by atoms with Crippen molar-refractivity contribution in [2.24, 2.45) is 5.92 Å². The second kappa shape index (κ2) is 12.4. The van der Waals surface area contributed by atoms with Gasteiger partial charge in [-0.15, -0.1) is 0 Å². The Hall–Kier alpha value is -2.35. The van der Waals surface area contributed by atoms with E-state index in [1.54, 1.807) is 0 Å². The number of hydrogen-bond acceptors (Lipinski definition) is 6. The van der Waals surface area contributed by atoms with Gasteiger partial charge in [-0.1, -0.05) is 41.0 Å². The van der Waals surface area contributed by atoms with E-state index in [4.69, 9.17) is 16.1 Å². The molecule has 1 aliphatic rings. The number of aromatic nitrogens is 2. The number of carbonyl (C=O) groups excluding carboxylic acids is 1. The zero-order valence-corrected chi connectivity index (χ0v) is 21.1. The molecule has 0 spiro atoms. The van der Waals surface area contributed by atoms with Crippen molar-refractivity contribution in [2.75, 3.05) is 25.4 Å². The van der Waals surface area contributed by atoms with Gasteiger partial charge in [0.05, 0.1) is 12.5 Å². The number of hydrogen-bond donors (Lipinski definition) is 1. The third-order valence-corrected chi connectivity index (χ3v) is 7.43.